The Kier molecular flexibility index (Phi) is 7.30. The second-order valence-corrected chi connectivity index (χ2v) is 10.2. The minimum absolute atomic E-state index is 0.119. The van der Waals surface area contributed by atoms with Crippen molar-refractivity contribution in [3.63, 3.8) is 0 Å². The van der Waals surface area contributed by atoms with E-state index in [-0.39, 0.29) is 18.0 Å². The molecule has 34 heavy (non-hydrogen) atoms. The SMILES string of the molecule is COc1cc(CNS(=O)(=O)c2ccc(C)cc2)ccc1OCc1cn(-c2ccc(Br)cc2)nn1. The van der Waals surface area contributed by atoms with Gasteiger partial charge in [-0.1, -0.05) is 44.9 Å². The van der Waals surface area contributed by atoms with E-state index in [1.165, 1.54) is 7.11 Å². The molecule has 0 amide bonds. The summed E-state index contributed by atoms with van der Waals surface area (Å²) < 4.78 is 41.7. The maximum Gasteiger partial charge on any atom is 0.240 e. The molecule has 10 heteroatoms. The van der Waals surface area contributed by atoms with Crippen LogP contribution in [0.2, 0.25) is 0 Å². The van der Waals surface area contributed by atoms with Crippen molar-refractivity contribution in [3.8, 4) is 17.2 Å². The van der Waals surface area contributed by atoms with Crippen LogP contribution in [0.25, 0.3) is 5.69 Å². The molecule has 0 unspecified atom stereocenters. The van der Waals surface area contributed by atoms with E-state index in [2.05, 4.69) is 31.0 Å². The van der Waals surface area contributed by atoms with Crippen LogP contribution in [0, 0.1) is 6.92 Å². The molecule has 3 aromatic carbocycles. The quantitative estimate of drug-likeness (QED) is 0.336. The third-order valence-electron chi connectivity index (χ3n) is 5.03. The Hall–Kier alpha value is -3.21. The Morgan fingerprint density at radius 2 is 1.74 bits per heavy atom. The molecule has 0 spiro atoms. The van der Waals surface area contributed by atoms with Crippen LogP contribution in [0.4, 0.5) is 0 Å². The number of nitrogens with one attached hydrogen (secondary N) is 1. The van der Waals surface area contributed by atoms with Crippen LogP contribution in [0.1, 0.15) is 16.8 Å². The Morgan fingerprint density at radius 3 is 2.44 bits per heavy atom. The van der Waals surface area contributed by atoms with Gasteiger partial charge in [-0.05, 0) is 61.0 Å². The number of ether oxygens (including phenoxy) is 2. The number of hydrogen-bond donors (Lipinski definition) is 1. The van der Waals surface area contributed by atoms with E-state index in [9.17, 15) is 8.42 Å². The zero-order valence-corrected chi connectivity index (χ0v) is 21.0. The van der Waals surface area contributed by atoms with Crippen LogP contribution in [-0.2, 0) is 23.2 Å². The van der Waals surface area contributed by atoms with Gasteiger partial charge < -0.3 is 9.47 Å². The first-order valence-electron chi connectivity index (χ1n) is 10.4. The van der Waals surface area contributed by atoms with Gasteiger partial charge in [0.2, 0.25) is 10.0 Å². The molecule has 0 radical (unpaired) electrons. The molecule has 1 N–H and O–H groups in total. The van der Waals surface area contributed by atoms with E-state index in [0.717, 1.165) is 21.3 Å². The summed E-state index contributed by atoms with van der Waals surface area (Å²) in [4.78, 5) is 0.223. The van der Waals surface area contributed by atoms with E-state index >= 15 is 0 Å². The van der Waals surface area contributed by atoms with E-state index in [0.29, 0.717) is 17.2 Å². The molecule has 4 aromatic rings. The molecule has 4 rings (SSSR count). The highest BCUT2D eigenvalue weighted by atomic mass is 79.9. The molecular formula is C24H23BrN4O4S. The summed E-state index contributed by atoms with van der Waals surface area (Å²) in [6, 6.07) is 19.7. The minimum Gasteiger partial charge on any atom is -0.493 e. The van der Waals surface area contributed by atoms with Crippen LogP contribution < -0.4 is 14.2 Å². The van der Waals surface area contributed by atoms with Gasteiger partial charge in [-0.2, -0.15) is 0 Å². The smallest absolute Gasteiger partial charge is 0.240 e. The summed E-state index contributed by atoms with van der Waals surface area (Å²) in [6.07, 6.45) is 1.80. The zero-order valence-electron chi connectivity index (χ0n) is 18.6. The van der Waals surface area contributed by atoms with E-state index in [4.69, 9.17) is 9.47 Å². The fraction of sp³-hybridized carbons (Fsp3) is 0.167. The first-order chi connectivity index (χ1) is 16.3. The van der Waals surface area contributed by atoms with Crippen LogP contribution in [0.5, 0.6) is 11.5 Å². The van der Waals surface area contributed by atoms with Crippen LogP contribution in [0.15, 0.2) is 82.3 Å². The molecular weight excluding hydrogens is 520 g/mol. The van der Waals surface area contributed by atoms with Crippen molar-refractivity contribution in [1.82, 2.24) is 19.7 Å². The van der Waals surface area contributed by atoms with Crippen molar-refractivity contribution in [1.29, 1.82) is 0 Å². The Morgan fingerprint density at radius 1 is 1.00 bits per heavy atom. The highest BCUT2D eigenvalue weighted by Crippen LogP contribution is 2.29. The summed E-state index contributed by atoms with van der Waals surface area (Å²) >= 11 is 3.41. The third-order valence-corrected chi connectivity index (χ3v) is 6.98. The normalized spacial score (nSPS) is 11.4. The van der Waals surface area contributed by atoms with Crippen molar-refractivity contribution < 1.29 is 17.9 Å². The van der Waals surface area contributed by atoms with E-state index in [1.54, 1.807) is 53.3 Å². The molecule has 0 aliphatic heterocycles. The summed E-state index contributed by atoms with van der Waals surface area (Å²) in [5.41, 5.74) is 3.27. The van der Waals surface area contributed by atoms with Crippen molar-refractivity contribution in [3.05, 3.63) is 94.2 Å². The molecule has 0 atom stereocenters. The Bertz CT molecular complexity index is 1370. The summed E-state index contributed by atoms with van der Waals surface area (Å²) in [7, 11) is -2.08. The number of nitrogens with zero attached hydrogens (tertiary/aromatic N) is 3. The molecule has 0 aliphatic rings. The molecule has 0 fully saturated rings. The second-order valence-electron chi connectivity index (χ2n) is 7.54. The predicted molar refractivity (Wildman–Crippen MR) is 132 cm³/mol. The first kappa shape index (κ1) is 23.9. The molecule has 1 aromatic heterocycles. The number of halogens is 1. The maximum atomic E-state index is 12.5. The molecule has 0 aliphatic carbocycles. The largest absolute Gasteiger partial charge is 0.493 e. The van der Waals surface area contributed by atoms with Gasteiger partial charge in [-0.3, -0.25) is 0 Å². The van der Waals surface area contributed by atoms with E-state index in [1.807, 2.05) is 31.2 Å². The Balaban J connectivity index is 1.39. The van der Waals surface area contributed by atoms with Gasteiger partial charge in [0, 0.05) is 11.0 Å². The van der Waals surface area contributed by atoms with Crippen LogP contribution in [0.3, 0.4) is 0 Å². The number of benzene rings is 3. The zero-order chi connectivity index (χ0) is 24.1. The lowest BCUT2D eigenvalue weighted by atomic mass is 10.2. The molecule has 8 nitrogen and oxygen atoms in total. The van der Waals surface area contributed by atoms with E-state index < -0.39 is 10.0 Å². The molecule has 0 saturated carbocycles. The van der Waals surface area contributed by atoms with Gasteiger partial charge in [0.1, 0.15) is 12.3 Å². The summed E-state index contributed by atoms with van der Waals surface area (Å²) in [5.74, 6) is 1.01. The van der Waals surface area contributed by atoms with Gasteiger partial charge in [0.15, 0.2) is 11.5 Å². The molecule has 176 valence electrons. The number of aryl methyl sites for hydroxylation is 1. The highest BCUT2D eigenvalue weighted by molar-refractivity contribution is 9.10. The van der Waals surface area contributed by atoms with Gasteiger partial charge in [-0.25, -0.2) is 17.8 Å². The molecule has 0 bridgehead atoms. The lowest BCUT2D eigenvalue weighted by molar-refractivity contribution is 0.280. The van der Waals surface area contributed by atoms with Crippen molar-refractivity contribution >= 4 is 26.0 Å². The lowest BCUT2D eigenvalue weighted by Crippen LogP contribution is -2.23. The third kappa shape index (κ3) is 5.82. The summed E-state index contributed by atoms with van der Waals surface area (Å²) in [6.45, 7) is 2.23. The first-order valence-corrected chi connectivity index (χ1v) is 12.6. The lowest BCUT2D eigenvalue weighted by Gasteiger charge is -2.12. The monoisotopic (exact) mass is 542 g/mol. The number of methoxy groups -OCH3 is 1. The van der Waals surface area contributed by atoms with Gasteiger partial charge in [-0.15, -0.1) is 5.10 Å². The van der Waals surface area contributed by atoms with Crippen molar-refractivity contribution in [2.24, 2.45) is 0 Å². The number of hydrogen-bond acceptors (Lipinski definition) is 6. The Labute approximate surface area is 206 Å². The highest BCUT2D eigenvalue weighted by Gasteiger charge is 2.14. The van der Waals surface area contributed by atoms with Crippen molar-refractivity contribution in [2.75, 3.05) is 7.11 Å². The number of rotatable bonds is 9. The van der Waals surface area contributed by atoms with Gasteiger partial charge in [0.25, 0.3) is 0 Å². The maximum absolute atomic E-state index is 12.5. The molecule has 0 saturated heterocycles. The van der Waals surface area contributed by atoms with Gasteiger partial charge >= 0.3 is 0 Å². The fourth-order valence-corrected chi connectivity index (χ4v) is 4.44. The number of aromatic nitrogens is 3. The predicted octanol–water partition coefficient (Wildman–Crippen LogP) is 4.40. The summed E-state index contributed by atoms with van der Waals surface area (Å²) in [5, 5.41) is 8.29. The fourth-order valence-electron chi connectivity index (χ4n) is 3.16. The van der Waals surface area contributed by atoms with Crippen LogP contribution >= 0.6 is 15.9 Å². The van der Waals surface area contributed by atoms with Crippen molar-refractivity contribution in [2.45, 2.75) is 25.0 Å². The second kappa shape index (κ2) is 10.4. The van der Waals surface area contributed by atoms with Crippen LogP contribution in [-0.4, -0.2) is 30.5 Å². The topological polar surface area (TPSA) is 95.3 Å². The minimum atomic E-state index is -3.62. The number of sulfonamides is 1. The average Bonchev–Trinajstić information content (AvgIpc) is 3.31. The average molecular weight is 543 g/mol. The molecule has 1 heterocycles. The standard InChI is InChI=1S/C24H23BrN4O4S/c1-17-3-10-22(11-4-17)34(30,31)26-14-18-5-12-23(24(13-18)32-2)33-16-20-15-29(28-27-20)21-8-6-19(25)7-9-21/h3-13,15,26H,14,16H2,1-2H3. The van der Waals surface area contributed by atoms with Gasteiger partial charge in [0.05, 0.1) is 23.9 Å².